The molecule has 0 saturated carbocycles. The van der Waals surface area contributed by atoms with Gasteiger partial charge in [0.25, 0.3) is 5.91 Å². The number of sulfonamides is 1. The van der Waals surface area contributed by atoms with Crippen LogP contribution in [0.5, 0.6) is 0 Å². The minimum Gasteiger partial charge on any atom is -0.369 e. The molecule has 0 spiro atoms. The number of carbonyl (C=O) groups is 1. The zero-order chi connectivity index (χ0) is 32.3. The molecule has 1 heterocycles. The molecule has 1 aliphatic heterocycles. The van der Waals surface area contributed by atoms with Gasteiger partial charge in [-0.25, -0.2) is 12.8 Å². The minimum absolute atomic E-state index is 0.0299. The lowest BCUT2D eigenvalue weighted by atomic mass is 9.94. The quantitative estimate of drug-likeness (QED) is 0.182. The van der Waals surface area contributed by atoms with Crippen LogP contribution in [-0.4, -0.2) is 44.8 Å². The van der Waals surface area contributed by atoms with Crippen molar-refractivity contribution in [1.29, 1.82) is 0 Å². The lowest BCUT2D eigenvalue weighted by Crippen LogP contribution is -2.48. The van der Waals surface area contributed by atoms with E-state index in [2.05, 4.69) is 5.32 Å². The number of halogens is 3. The standard InChI is InChI=1S/C36H30Cl2FN3O3S/c37-30-12-9-26(10-13-30)35(28-8-4-7-27(23-28)25-5-2-1-3-6-25)40-36(43)29-11-18-33(38)34(24-29)46(44,45)42-21-19-41(20-22-42)32-16-14-31(39)15-17-32/h1-18,23-24,35H,19-22H2,(H,40,43). The van der Waals surface area contributed by atoms with Crippen molar-refractivity contribution in [3.63, 3.8) is 0 Å². The Bertz CT molecular complexity index is 1950. The van der Waals surface area contributed by atoms with Gasteiger partial charge >= 0.3 is 0 Å². The van der Waals surface area contributed by atoms with Crippen LogP contribution in [0.15, 0.2) is 126 Å². The average molecular weight is 675 g/mol. The molecule has 1 N–H and O–H groups in total. The second-order valence-electron chi connectivity index (χ2n) is 11.0. The molecule has 0 aromatic heterocycles. The third-order valence-corrected chi connectivity index (χ3v) is 10.7. The topological polar surface area (TPSA) is 69.7 Å². The van der Waals surface area contributed by atoms with E-state index in [0.29, 0.717) is 18.1 Å². The SMILES string of the molecule is O=C(NC(c1ccc(Cl)cc1)c1cccc(-c2ccccc2)c1)c1ccc(Cl)c(S(=O)(=O)N2CCN(c3ccc(F)cc3)CC2)c1. The first-order chi connectivity index (χ1) is 22.2. The molecule has 5 aromatic rings. The number of amides is 1. The van der Waals surface area contributed by atoms with Gasteiger partial charge in [0.15, 0.2) is 0 Å². The first-order valence-electron chi connectivity index (χ1n) is 14.7. The van der Waals surface area contributed by atoms with Crippen molar-refractivity contribution in [3.05, 3.63) is 154 Å². The maximum Gasteiger partial charge on any atom is 0.252 e. The summed E-state index contributed by atoms with van der Waals surface area (Å²) in [6.07, 6.45) is 0. The molecule has 1 fully saturated rings. The summed E-state index contributed by atoms with van der Waals surface area (Å²) in [5.41, 5.74) is 4.66. The normalized spacial score (nSPS) is 14.5. The van der Waals surface area contributed by atoms with E-state index < -0.39 is 22.0 Å². The summed E-state index contributed by atoms with van der Waals surface area (Å²) in [6, 6.07) is 34.9. The average Bonchev–Trinajstić information content (AvgIpc) is 3.08. The van der Waals surface area contributed by atoms with E-state index in [1.54, 1.807) is 24.3 Å². The monoisotopic (exact) mass is 673 g/mol. The van der Waals surface area contributed by atoms with Gasteiger partial charge in [-0.3, -0.25) is 4.79 Å². The first-order valence-corrected chi connectivity index (χ1v) is 16.9. The molecule has 1 aliphatic rings. The largest absolute Gasteiger partial charge is 0.369 e. The Hall–Kier alpha value is -4.21. The predicted molar refractivity (Wildman–Crippen MR) is 181 cm³/mol. The van der Waals surface area contributed by atoms with E-state index in [1.807, 2.05) is 71.6 Å². The molecular formula is C36H30Cl2FN3O3S. The number of piperazine rings is 1. The summed E-state index contributed by atoms with van der Waals surface area (Å²) in [7, 11) is -4.01. The Morgan fingerprint density at radius 2 is 1.39 bits per heavy atom. The summed E-state index contributed by atoms with van der Waals surface area (Å²) >= 11 is 12.6. The van der Waals surface area contributed by atoms with Crippen LogP contribution in [0.25, 0.3) is 11.1 Å². The highest BCUT2D eigenvalue weighted by atomic mass is 35.5. The van der Waals surface area contributed by atoms with Gasteiger partial charge in [-0.05, 0) is 82.9 Å². The lowest BCUT2D eigenvalue weighted by molar-refractivity contribution is 0.0942. The van der Waals surface area contributed by atoms with Crippen LogP contribution in [0, 0.1) is 5.82 Å². The number of benzene rings is 5. The molecule has 6 rings (SSSR count). The van der Waals surface area contributed by atoms with Crippen LogP contribution >= 0.6 is 23.2 Å². The number of nitrogens with one attached hydrogen (secondary N) is 1. The number of anilines is 1. The summed E-state index contributed by atoms with van der Waals surface area (Å²) in [5, 5.41) is 3.70. The molecule has 6 nitrogen and oxygen atoms in total. The lowest BCUT2D eigenvalue weighted by Gasteiger charge is -2.35. The molecular weight excluding hydrogens is 644 g/mol. The van der Waals surface area contributed by atoms with Crippen LogP contribution in [0.3, 0.4) is 0 Å². The fourth-order valence-corrected chi connectivity index (χ4v) is 7.63. The van der Waals surface area contributed by atoms with Crippen molar-refractivity contribution in [2.45, 2.75) is 10.9 Å². The Morgan fingerprint density at radius 1 is 0.717 bits per heavy atom. The van der Waals surface area contributed by atoms with Gasteiger partial charge in [0.1, 0.15) is 10.7 Å². The number of hydrogen-bond donors (Lipinski definition) is 1. The second kappa shape index (κ2) is 13.6. The van der Waals surface area contributed by atoms with E-state index in [1.165, 1.54) is 34.6 Å². The third-order valence-electron chi connectivity index (χ3n) is 8.05. The molecule has 234 valence electrons. The molecule has 1 saturated heterocycles. The van der Waals surface area contributed by atoms with Crippen LogP contribution in [0.1, 0.15) is 27.5 Å². The van der Waals surface area contributed by atoms with Crippen LogP contribution in [-0.2, 0) is 10.0 Å². The van der Waals surface area contributed by atoms with Gasteiger partial charge in [-0.1, -0.05) is 83.9 Å². The van der Waals surface area contributed by atoms with Crippen molar-refractivity contribution < 1.29 is 17.6 Å². The van der Waals surface area contributed by atoms with Crippen molar-refractivity contribution in [2.24, 2.45) is 0 Å². The van der Waals surface area contributed by atoms with E-state index in [-0.39, 0.29) is 34.4 Å². The fraction of sp³-hybridized carbons (Fsp3) is 0.139. The molecule has 1 amide bonds. The molecule has 1 unspecified atom stereocenters. The van der Waals surface area contributed by atoms with E-state index in [4.69, 9.17) is 23.2 Å². The van der Waals surface area contributed by atoms with Crippen LogP contribution in [0.2, 0.25) is 10.0 Å². The van der Waals surface area contributed by atoms with Gasteiger partial charge in [0, 0.05) is 42.5 Å². The minimum atomic E-state index is -4.01. The summed E-state index contributed by atoms with van der Waals surface area (Å²) in [5.74, 6) is -0.789. The highest BCUT2D eigenvalue weighted by Crippen LogP contribution is 2.31. The van der Waals surface area contributed by atoms with Crippen LogP contribution < -0.4 is 10.2 Å². The first kappa shape index (κ1) is 31.8. The number of hydrogen-bond acceptors (Lipinski definition) is 4. The fourth-order valence-electron chi connectivity index (χ4n) is 5.58. The highest BCUT2D eigenvalue weighted by Gasteiger charge is 2.31. The predicted octanol–water partition coefficient (Wildman–Crippen LogP) is 7.83. The van der Waals surface area contributed by atoms with Gasteiger partial charge in [0.2, 0.25) is 10.0 Å². The zero-order valence-corrected chi connectivity index (χ0v) is 26.9. The number of nitrogens with zero attached hydrogens (tertiary/aromatic N) is 2. The van der Waals surface area contributed by atoms with E-state index in [0.717, 1.165) is 27.9 Å². The Labute approximate surface area is 278 Å². The molecule has 46 heavy (non-hydrogen) atoms. The highest BCUT2D eigenvalue weighted by molar-refractivity contribution is 7.89. The van der Waals surface area contributed by atoms with Crippen LogP contribution in [0.4, 0.5) is 10.1 Å². The smallest absolute Gasteiger partial charge is 0.252 e. The zero-order valence-electron chi connectivity index (χ0n) is 24.6. The molecule has 0 bridgehead atoms. The Morgan fingerprint density at radius 3 is 2.09 bits per heavy atom. The molecule has 0 radical (unpaired) electrons. The van der Waals surface area contributed by atoms with Crippen molar-refractivity contribution in [2.75, 3.05) is 31.1 Å². The van der Waals surface area contributed by atoms with E-state index in [9.17, 15) is 17.6 Å². The number of carbonyl (C=O) groups excluding carboxylic acids is 1. The summed E-state index contributed by atoms with van der Waals surface area (Å²) < 4.78 is 42.3. The Balaban J connectivity index is 1.25. The van der Waals surface area contributed by atoms with Gasteiger partial charge in [-0.15, -0.1) is 0 Å². The maximum atomic E-state index is 13.8. The molecule has 10 heteroatoms. The van der Waals surface area contributed by atoms with E-state index >= 15 is 0 Å². The van der Waals surface area contributed by atoms with Gasteiger partial charge in [-0.2, -0.15) is 4.31 Å². The molecule has 5 aromatic carbocycles. The molecule has 1 atom stereocenters. The summed E-state index contributed by atoms with van der Waals surface area (Å²) in [4.78, 5) is 15.7. The van der Waals surface area contributed by atoms with Crippen molar-refractivity contribution in [3.8, 4) is 11.1 Å². The summed E-state index contributed by atoms with van der Waals surface area (Å²) in [6.45, 7) is 1.27. The van der Waals surface area contributed by atoms with Crippen molar-refractivity contribution >= 4 is 44.8 Å². The third kappa shape index (κ3) is 6.95. The maximum absolute atomic E-state index is 13.8. The van der Waals surface area contributed by atoms with Gasteiger partial charge in [0.05, 0.1) is 11.1 Å². The second-order valence-corrected chi connectivity index (χ2v) is 13.7. The Kier molecular flexibility index (Phi) is 9.42. The molecule has 0 aliphatic carbocycles. The van der Waals surface area contributed by atoms with Gasteiger partial charge < -0.3 is 10.2 Å². The van der Waals surface area contributed by atoms with Crippen molar-refractivity contribution in [1.82, 2.24) is 9.62 Å². The number of rotatable bonds is 8.